The fourth-order valence-corrected chi connectivity index (χ4v) is 2.10. The second kappa shape index (κ2) is 6.92. The third-order valence-corrected chi connectivity index (χ3v) is 3.34. The van der Waals surface area contributed by atoms with Gasteiger partial charge in [0.1, 0.15) is 5.60 Å². The van der Waals surface area contributed by atoms with Gasteiger partial charge >= 0.3 is 12.1 Å². The van der Waals surface area contributed by atoms with E-state index in [1.54, 1.807) is 20.8 Å². The predicted molar refractivity (Wildman–Crippen MR) is 73.1 cm³/mol. The Bertz CT molecular complexity index is 346. The van der Waals surface area contributed by atoms with Gasteiger partial charge in [0.05, 0.1) is 13.2 Å². The topological polar surface area (TPSA) is 84.9 Å². The number of aliphatic hydroxyl groups is 1. The zero-order chi connectivity index (χ0) is 15.3. The molecular formula is C14H25NO5. The van der Waals surface area contributed by atoms with Crippen molar-refractivity contribution in [2.75, 3.05) is 7.11 Å². The van der Waals surface area contributed by atoms with Gasteiger partial charge in [-0.2, -0.15) is 0 Å². The number of amides is 1. The van der Waals surface area contributed by atoms with E-state index in [-0.39, 0.29) is 0 Å². The van der Waals surface area contributed by atoms with Crippen molar-refractivity contribution in [3.05, 3.63) is 0 Å². The van der Waals surface area contributed by atoms with E-state index >= 15 is 0 Å². The SMILES string of the molecule is COC(=O)C(O)C(CC1CCC1)NC(=O)OC(C)(C)C. The predicted octanol–water partition coefficient (Wildman–Crippen LogP) is 1.60. The Morgan fingerprint density at radius 2 is 1.95 bits per heavy atom. The molecule has 116 valence electrons. The molecule has 1 saturated carbocycles. The van der Waals surface area contributed by atoms with Crippen molar-refractivity contribution in [3.63, 3.8) is 0 Å². The minimum absolute atomic E-state index is 0.425. The highest BCUT2D eigenvalue weighted by atomic mass is 16.6. The average Bonchev–Trinajstić information content (AvgIpc) is 2.27. The Labute approximate surface area is 119 Å². The molecular weight excluding hydrogens is 262 g/mol. The molecule has 0 spiro atoms. The second-order valence-corrected chi connectivity index (χ2v) is 6.25. The number of hydrogen-bond acceptors (Lipinski definition) is 5. The minimum Gasteiger partial charge on any atom is -0.467 e. The number of alkyl carbamates (subject to hydrolysis) is 1. The largest absolute Gasteiger partial charge is 0.467 e. The van der Waals surface area contributed by atoms with E-state index in [1.165, 1.54) is 7.11 Å². The van der Waals surface area contributed by atoms with Gasteiger partial charge < -0.3 is 19.9 Å². The number of rotatable bonds is 5. The summed E-state index contributed by atoms with van der Waals surface area (Å²) in [6.45, 7) is 5.26. The summed E-state index contributed by atoms with van der Waals surface area (Å²) in [5, 5.41) is 12.5. The summed E-state index contributed by atoms with van der Waals surface area (Å²) in [7, 11) is 1.21. The molecule has 0 aliphatic heterocycles. The van der Waals surface area contributed by atoms with Crippen molar-refractivity contribution in [2.24, 2.45) is 5.92 Å². The maximum atomic E-state index is 11.8. The van der Waals surface area contributed by atoms with Gasteiger partial charge in [-0.15, -0.1) is 0 Å². The standard InChI is InChI=1S/C14H25NO5/c1-14(2,3)20-13(18)15-10(8-9-6-5-7-9)11(16)12(17)19-4/h9-11,16H,5-8H2,1-4H3,(H,15,18). The van der Waals surface area contributed by atoms with Gasteiger partial charge in [-0.25, -0.2) is 9.59 Å². The molecule has 0 saturated heterocycles. The smallest absolute Gasteiger partial charge is 0.407 e. The molecule has 0 aromatic carbocycles. The third kappa shape index (κ3) is 5.36. The Morgan fingerprint density at radius 1 is 1.35 bits per heavy atom. The van der Waals surface area contributed by atoms with Crippen LogP contribution in [-0.4, -0.2) is 42.0 Å². The summed E-state index contributed by atoms with van der Waals surface area (Å²) in [6, 6.07) is -0.678. The Kier molecular flexibility index (Phi) is 5.80. The van der Waals surface area contributed by atoms with Crippen molar-refractivity contribution >= 4 is 12.1 Å². The van der Waals surface area contributed by atoms with Crippen LogP contribution in [-0.2, 0) is 14.3 Å². The first-order chi connectivity index (χ1) is 9.23. The normalized spacial score (nSPS) is 18.6. The quantitative estimate of drug-likeness (QED) is 0.750. The zero-order valence-corrected chi connectivity index (χ0v) is 12.6. The van der Waals surface area contributed by atoms with Gasteiger partial charge in [0.15, 0.2) is 6.10 Å². The zero-order valence-electron chi connectivity index (χ0n) is 12.6. The number of hydrogen-bond donors (Lipinski definition) is 2. The summed E-state index contributed by atoms with van der Waals surface area (Å²) >= 11 is 0. The highest BCUT2D eigenvalue weighted by Gasteiger charge is 2.33. The maximum absolute atomic E-state index is 11.8. The van der Waals surface area contributed by atoms with E-state index in [4.69, 9.17) is 4.74 Å². The van der Waals surface area contributed by atoms with Gasteiger partial charge in [0.2, 0.25) is 0 Å². The van der Waals surface area contributed by atoms with Crippen LogP contribution in [0.25, 0.3) is 0 Å². The van der Waals surface area contributed by atoms with Crippen LogP contribution >= 0.6 is 0 Å². The van der Waals surface area contributed by atoms with Crippen LogP contribution < -0.4 is 5.32 Å². The first-order valence-corrected chi connectivity index (χ1v) is 6.98. The van der Waals surface area contributed by atoms with Crippen molar-refractivity contribution in [3.8, 4) is 0 Å². The molecule has 0 bridgehead atoms. The first kappa shape index (κ1) is 16.8. The molecule has 6 nitrogen and oxygen atoms in total. The molecule has 6 heteroatoms. The van der Waals surface area contributed by atoms with Gasteiger partial charge in [-0.3, -0.25) is 0 Å². The van der Waals surface area contributed by atoms with Gasteiger partial charge in [0, 0.05) is 0 Å². The summed E-state index contributed by atoms with van der Waals surface area (Å²) in [5.74, 6) is -0.320. The monoisotopic (exact) mass is 287 g/mol. The van der Waals surface area contributed by atoms with E-state index in [2.05, 4.69) is 10.1 Å². The van der Waals surface area contributed by atoms with Crippen molar-refractivity contribution in [1.82, 2.24) is 5.32 Å². The molecule has 0 heterocycles. The molecule has 1 rings (SSSR count). The number of carbonyl (C=O) groups excluding carboxylic acids is 2. The molecule has 2 unspecified atom stereocenters. The summed E-state index contributed by atoms with van der Waals surface area (Å²) in [5.41, 5.74) is -0.624. The fourth-order valence-electron chi connectivity index (χ4n) is 2.10. The molecule has 20 heavy (non-hydrogen) atoms. The lowest BCUT2D eigenvalue weighted by Gasteiger charge is -2.32. The van der Waals surface area contributed by atoms with Crippen LogP contribution in [0.2, 0.25) is 0 Å². The molecule has 2 N–H and O–H groups in total. The molecule has 1 fully saturated rings. The molecule has 1 amide bonds. The van der Waals surface area contributed by atoms with E-state index in [0.717, 1.165) is 19.3 Å². The second-order valence-electron chi connectivity index (χ2n) is 6.25. The van der Waals surface area contributed by atoms with Crippen LogP contribution in [0.3, 0.4) is 0 Å². The number of ether oxygens (including phenoxy) is 2. The maximum Gasteiger partial charge on any atom is 0.407 e. The van der Waals surface area contributed by atoms with E-state index < -0.39 is 29.8 Å². The van der Waals surface area contributed by atoms with Crippen LogP contribution in [0, 0.1) is 5.92 Å². The molecule has 1 aliphatic carbocycles. The summed E-state index contributed by atoms with van der Waals surface area (Å²) in [4.78, 5) is 23.2. The Morgan fingerprint density at radius 3 is 2.35 bits per heavy atom. The van der Waals surface area contributed by atoms with Crippen LogP contribution in [0.4, 0.5) is 4.79 Å². The highest BCUT2D eigenvalue weighted by molar-refractivity contribution is 5.76. The minimum atomic E-state index is -1.37. The number of methoxy groups -OCH3 is 1. The van der Waals surface area contributed by atoms with E-state index in [9.17, 15) is 14.7 Å². The molecule has 0 aromatic heterocycles. The fraction of sp³-hybridized carbons (Fsp3) is 0.857. The molecule has 0 radical (unpaired) electrons. The average molecular weight is 287 g/mol. The number of carbonyl (C=O) groups is 2. The lowest BCUT2D eigenvalue weighted by molar-refractivity contribution is -0.152. The van der Waals surface area contributed by atoms with Gasteiger partial charge in [0.25, 0.3) is 0 Å². The van der Waals surface area contributed by atoms with Crippen LogP contribution in [0.15, 0.2) is 0 Å². The molecule has 0 aromatic rings. The molecule has 1 aliphatic rings. The van der Waals surface area contributed by atoms with Crippen molar-refractivity contribution in [2.45, 2.75) is 64.2 Å². The number of aliphatic hydroxyl groups excluding tert-OH is 1. The van der Waals surface area contributed by atoms with Gasteiger partial charge in [-0.05, 0) is 33.1 Å². The highest BCUT2D eigenvalue weighted by Crippen LogP contribution is 2.31. The number of esters is 1. The number of nitrogens with one attached hydrogen (secondary N) is 1. The summed E-state index contributed by atoms with van der Waals surface area (Å²) in [6.07, 6.45) is 1.81. The molecule has 2 atom stereocenters. The summed E-state index contributed by atoms with van der Waals surface area (Å²) < 4.78 is 9.68. The van der Waals surface area contributed by atoms with Crippen LogP contribution in [0.1, 0.15) is 46.5 Å². The van der Waals surface area contributed by atoms with Gasteiger partial charge in [-0.1, -0.05) is 19.3 Å². The Balaban J connectivity index is 2.61. The van der Waals surface area contributed by atoms with Crippen molar-refractivity contribution < 1.29 is 24.2 Å². The van der Waals surface area contributed by atoms with Crippen molar-refractivity contribution in [1.29, 1.82) is 0 Å². The lowest BCUT2D eigenvalue weighted by Crippen LogP contribution is -2.50. The third-order valence-electron chi connectivity index (χ3n) is 3.34. The first-order valence-electron chi connectivity index (χ1n) is 6.98. The van der Waals surface area contributed by atoms with E-state index in [1.807, 2.05) is 0 Å². The lowest BCUT2D eigenvalue weighted by atomic mass is 9.80. The van der Waals surface area contributed by atoms with E-state index in [0.29, 0.717) is 12.3 Å². The Hall–Kier alpha value is -1.30. The van der Waals surface area contributed by atoms with Crippen LogP contribution in [0.5, 0.6) is 0 Å².